The summed E-state index contributed by atoms with van der Waals surface area (Å²) in [6, 6.07) is 5.67. The van der Waals surface area contributed by atoms with Gasteiger partial charge >= 0.3 is 0 Å². The average Bonchev–Trinajstić information content (AvgIpc) is 2.61. The van der Waals surface area contributed by atoms with Gasteiger partial charge in [-0.15, -0.1) is 11.3 Å². The number of aryl methyl sites for hydroxylation is 1. The van der Waals surface area contributed by atoms with Gasteiger partial charge in [-0.25, -0.2) is 17.8 Å². The first-order chi connectivity index (χ1) is 7.88. The zero-order chi connectivity index (χ0) is 12.6. The quantitative estimate of drug-likeness (QED) is 0.798. The van der Waals surface area contributed by atoms with Crippen LogP contribution in [-0.2, 0) is 9.05 Å². The Hall–Kier alpha value is -0.980. The van der Waals surface area contributed by atoms with Crippen LogP contribution in [0.5, 0.6) is 0 Å². The van der Waals surface area contributed by atoms with E-state index in [1.807, 2.05) is 0 Å². The third kappa shape index (κ3) is 2.65. The first kappa shape index (κ1) is 12.5. The molecule has 0 fully saturated rings. The average molecular weight is 292 g/mol. The van der Waals surface area contributed by atoms with E-state index in [0.717, 1.165) is 11.3 Å². The zero-order valence-corrected chi connectivity index (χ0v) is 11.0. The summed E-state index contributed by atoms with van der Waals surface area (Å²) in [5, 5.41) is 0.502. The van der Waals surface area contributed by atoms with E-state index >= 15 is 0 Å². The van der Waals surface area contributed by atoms with Gasteiger partial charge < -0.3 is 0 Å². The molecule has 1 aromatic heterocycles. The fraction of sp³-hybridized carbons (Fsp3) is 0.100. The second-order valence-corrected chi connectivity index (χ2v) is 7.10. The van der Waals surface area contributed by atoms with Crippen molar-refractivity contribution in [2.45, 2.75) is 11.1 Å². The molecular weight excluding hydrogens is 285 g/mol. The molecule has 0 unspecified atom stereocenters. The van der Waals surface area contributed by atoms with Gasteiger partial charge in [0.1, 0.15) is 10.8 Å². The Labute approximate surface area is 106 Å². The molecule has 90 valence electrons. The molecule has 0 aliphatic heterocycles. The third-order valence-electron chi connectivity index (χ3n) is 2.07. The second-order valence-electron chi connectivity index (χ2n) is 3.34. The number of hydrogen-bond acceptors (Lipinski definition) is 4. The number of rotatable bonds is 2. The summed E-state index contributed by atoms with van der Waals surface area (Å²) in [4.78, 5) is 4.11. The molecule has 0 saturated heterocycles. The molecule has 3 nitrogen and oxygen atoms in total. The molecule has 0 N–H and O–H groups in total. The van der Waals surface area contributed by atoms with Crippen molar-refractivity contribution in [2.75, 3.05) is 0 Å². The zero-order valence-electron chi connectivity index (χ0n) is 8.65. The van der Waals surface area contributed by atoms with E-state index in [0.29, 0.717) is 16.3 Å². The van der Waals surface area contributed by atoms with Crippen LogP contribution in [0.3, 0.4) is 0 Å². The molecule has 17 heavy (non-hydrogen) atoms. The van der Waals surface area contributed by atoms with Crippen LogP contribution in [0.4, 0.5) is 4.39 Å². The van der Waals surface area contributed by atoms with Crippen molar-refractivity contribution in [1.29, 1.82) is 0 Å². The number of nitrogens with zero attached hydrogens (tertiary/aromatic N) is 1. The van der Waals surface area contributed by atoms with E-state index < -0.39 is 9.05 Å². The van der Waals surface area contributed by atoms with E-state index in [4.69, 9.17) is 10.7 Å². The van der Waals surface area contributed by atoms with Crippen molar-refractivity contribution < 1.29 is 12.8 Å². The molecule has 0 atom stereocenters. The molecule has 0 saturated carbocycles. The van der Waals surface area contributed by atoms with Crippen LogP contribution in [0.2, 0.25) is 0 Å². The molecule has 7 heteroatoms. The Morgan fingerprint density at radius 1 is 1.29 bits per heavy atom. The van der Waals surface area contributed by atoms with Gasteiger partial charge in [0.15, 0.2) is 4.21 Å². The maximum absolute atomic E-state index is 12.7. The Morgan fingerprint density at radius 3 is 2.35 bits per heavy atom. The number of aromatic nitrogens is 1. The first-order valence-corrected chi connectivity index (χ1v) is 7.68. The summed E-state index contributed by atoms with van der Waals surface area (Å²) in [5.74, 6) is -0.354. The smallest absolute Gasteiger partial charge is 0.240 e. The Kier molecular flexibility index (Phi) is 3.20. The molecule has 0 radical (unpaired) electrons. The topological polar surface area (TPSA) is 47.0 Å². The van der Waals surface area contributed by atoms with E-state index in [2.05, 4.69) is 4.98 Å². The van der Waals surface area contributed by atoms with Crippen LogP contribution in [0.15, 0.2) is 28.5 Å². The van der Waals surface area contributed by atoms with Gasteiger partial charge in [0.05, 0.1) is 5.69 Å². The van der Waals surface area contributed by atoms with Crippen molar-refractivity contribution in [2.24, 2.45) is 0 Å². The SMILES string of the molecule is Cc1nc(-c2ccc(F)cc2)sc1S(=O)(=O)Cl. The van der Waals surface area contributed by atoms with Crippen LogP contribution in [-0.4, -0.2) is 13.4 Å². The minimum absolute atomic E-state index is 0.0264. The summed E-state index contributed by atoms with van der Waals surface area (Å²) in [6.45, 7) is 1.57. The molecule has 0 spiro atoms. The van der Waals surface area contributed by atoms with E-state index in [-0.39, 0.29) is 10.0 Å². The predicted molar refractivity (Wildman–Crippen MR) is 65.3 cm³/mol. The van der Waals surface area contributed by atoms with Crippen LogP contribution in [0, 0.1) is 12.7 Å². The van der Waals surface area contributed by atoms with Crippen molar-refractivity contribution in [3.8, 4) is 10.6 Å². The second kappa shape index (κ2) is 4.36. The summed E-state index contributed by atoms with van der Waals surface area (Å²) >= 11 is 0.972. The fourth-order valence-electron chi connectivity index (χ4n) is 1.32. The first-order valence-electron chi connectivity index (χ1n) is 4.56. The van der Waals surface area contributed by atoms with Crippen LogP contribution >= 0.6 is 22.0 Å². The van der Waals surface area contributed by atoms with Crippen LogP contribution < -0.4 is 0 Å². The summed E-state index contributed by atoms with van der Waals surface area (Å²) < 4.78 is 35.2. The highest BCUT2D eigenvalue weighted by Gasteiger charge is 2.19. The fourth-order valence-corrected chi connectivity index (χ4v) is 3.78. The van der Waals surface area contributed by atoms with E-state index in [9.17, 15) is 12.8 Å². The highest BCUT2D eigenvalue weighted by Crippen LogP contribution is 2.32. The highest BCUT2D eigenvalue weighted by molar-refractivity contribution is 8.15. The molecule has 0 aliphatic carbocycles. The highest BCUT2D eigenvalue weighted by atomic mass is 35.7. The summed E-state index contributed by atoms with van der Waals surface area (Å²) in [6.07, 6.45) is 0. The predicted octanol–water partition coefficient (Wildman–Crippen LogP) is 3.19. The van der Waals surface area contributed by atoms with Crippen LogP contribution in [0.25, 0.3) is 10.6 Å². The lowest BCUT2D eigenvalue weighted by Gasteiger charge is -1.94. The summed E-state index contributed by atoms with van der Waals surface area (Å²) in [7, 11) is 1.50. The van der Waals surface area contributed by atoms with Gasteiger partial charge in [0.2, 0.25) is 0 Å². The van der Waals surface area contributed by atoms with Gasteiger partial charge in [0, 0.05) is 16.2 Å². The van der Waals surface area contributed by atoms with Crippen molar-refractivity contribution in [3.63, 3.8) is 0 Å². The van der Waals surface area contributed by atoms with Crippen molar-refractivity contribution in [3.05, 3.63) is 35.8 Å². The standard InChI is InChI=1S/C10H7ClFNO2S2/c1-6-10(17(11,14)15)16-9(13-6)7-2-4-8(12)5-3-7/h2-5H,1H3. The van der Waals surface area contributed by atoms with Gasteiger partial charge in [-0.05, 0) is 31.2 Å². The molecule has 0 amide bonds. The van der Waals surface area contributed by atoms with E-state index in [1.165, 1.54) is 24.3 Å². The number of halogens is 2. The largest absolute Gasteiger partial charge is 0.272 e. The van der Waals surface area contributed by atoms with Crippen LogP contribution in [0.1, 0.15) is 5.69 Å². The molecule has 2 rings (SSSR count). The maximum atomic E-state index is 12.7. The van der Waals surface area contributed by atoms with Gasteiger partial charge in [-0.1, -0.05) is 0 Å². The lowest BCUT2D eigenvalue weighted by Crippen LogP contribution is -1.88. The van der Waals surface area contributed by atoms with Gasteiger partial charge in [-0.2, -0.15) is 0 Å². The monoisotopic (exact) mass is 291 g/mol. The van der Waals surface area contributed by atoms with Gasteiger partial charge in [-0.3, -0.25) is 0 Å². The molecule has 1 heterocycles. The van der Waals surface area contributed by atoms with Crippen molar-refractivity contribution >= 4 is 31.1 Å². The molecular formula is C10H7ClFNO2S2. The number of benzene rings is 1. The molecule has 0 bridgehead atoms. The molecule has 1 aromatic carbocycles. The third-order valence-corrected chi connectivity index (χ3v) is 5.45. The van der Waals surface area contributed by atoms with Crippen molar-refractivity contribution in [1.82, 2.24) is 4.98 Å². The lowest BCUT2D eigenvalue weighted by molar-refractivity contribution is 0.610. The Bertz CT molecular complexity index is 649. The van der Waals surface area contributed by atoms with Gasteiger partial charge in [0.25, 0.3) is 9.05 Å². The normalized spacial score (nSPS) is 11.7. The van der Waals surface area contributed by atoms with E-state index in [1.54, 1.807) is 6.92 Å². The number of hydrogen-bond donors (Lipinski definition) is 0. The Morgan fingerprint density at radius 2 is 1.88 bits per heavy atom. The minimum atomic E-state index is -3.77. The molecule has 0 aliphatic rings. The lowest BCUT2D eigenvalue weighted by atomic mass is 10.2. The molecule has 2 aromatic rings. The Balaban J connectivity index is 2.52. The number of thiazole rings is 1. The maximum Gasteiger partial charge on any atom is 0.272 e. The minimum Gasteiger partial charge on any atom is -0.240 e. The summed E-state index contributed by atoms with van der Waals surface area (Å²) in [5.41, 5.74) is 1.01.